The van der Waals surface area contributed by atoms with Crippen molar-refractivity contribution < 1.29 is 14.3 Å². The molecular weight excluding hydrogens is 338 g/mol. The van der Waals surface area contributed by atoms with Gasteiger partial charge in [-0.3, -0.25) is 4.79 Å². The largest absolute Gasteiger partial charge is 0.508 e. The minimum atomic E-state index is -0.0249. The van der Waals surface area contributed by atoms with Crippen LogP contribution in [0.25, 0.3) is 11.5 Å². The van der Waals surface area contributed by atoms with E-state index in [2.05, 4.69) is 10.2 Å². The molecule has 3 rings (SSSR count). The van der Waals surface area contributed by atoms with E-state index in [1.807, 2.05) is 37.3 Å². The van der Waals surface area contributed by atoms with Gasteiger partial charge in [-0.05, 0) is 43.3 Å². The average Bonchev–Trinajstić information content (AvgIpc) is 3.11. The number of hydrogen-bond donors (Lipinski definition) is 1. The Labute approximate surface area is 149 Å². The summed E-state index contributed by atoms with van der Waals surface area (Å²) in [5.74, 6) is 0.706. The molecule has 0 spiro atoms. The number of aromatic hydroxyl groups is 1. The van der Waals surface area contributed by atoms with Gasteiger partial charge in [-0.15, -0.1) is 10.2 Å². The number of thioether (sulfide) groups is 1. The van der Waals surface area contributed by atoms with E-state index in [4.69, 9.17) is 4.42 Å². The zero-order chi connectivity index (χ0) is 17.6. The topological polar surface area (TPSA) is 79.5 Å². The number of carbonyl (C=O) groups excluding carboxylic acids is 1. The fraction of sp³-hybridized carbons (Fsp3) is 0.167. The second-order valence-corrected chi connectivity index (χ2v) is 6.11. The van der Waals surface area contributed by atoms with Gasteiger partial charge in [0, 0.05) is 17.8 Å². The lowest BCUT2D eigenvalue weighted by atomic mass is 10.2. The molecule has 0 aliphatic heterocycles. The lowest BCUT2D eigenvalue weighted by Crippen LogP contribution is -2.32. The Morgan fingerprint density at radius 2 is 1.84 bits per heavy atom. The average molecular weight is 355 g/mol. The second kappa shape index (κ2) is 7.85. The van der Waals surface area contributed by atoms with Crippen LogP contribution in [0.4, 0.5) is 5.69 Å². The highest BCUT2D eigenvalue weighted by Gasteiger charge is 2.16. The third-order valence-corrected chi connectivity index (χ3v) is 4.33. The molecule has 1 N–H and O–H groups in total. The predicted octanol–water partition coefficient (Wildman–Crippen LogP) is 3.59. The summed E-state index contributed by atoms with van der Waals surface area (Å²) in [7, 11) is 0. The molecule has 1 amide bonds. The van der Waals surface area contributed by atoms with Crippen LogP contribution < -0.4 is 4.90 Å². The molecule has 6 nitrogen and oxygen atoms in total. The number of para-hydroxylation sites is 1. The number of phenols is 1. The number of carbonyl (C=O) groups is 1. The van der Waals surface area contributed by atoms with Crippen LogP contribution in [0.3, 0.4) is 0 Å². The Hall–Kier alpha value is -2.80. The zero-order valence-corrected chi connectivity index (χ0v) is 14.4. The Bertz CT molecular complexity index is 834. The minimum absolute atomic E-state index is 0.0249. The van der Waals surface area contributed by atoms with Gasteiger partial charge in [0.1, 0.15) is 5.75 Å². The molecule has 0 fully saturated rings. The van der Waals surface area contributed by atoms with E-state index < -0.39 is 0 Å². The summed E-state index contributed by atoms with van der Waals surface area (Å²) in [6, 6.07) is 16.0. The molecule has 3 aromatic rings. The molecule has 0 aliphatic rings. The highest BCUT2D eigenvalue weighted by molar-refractivity contribution is 7.99. The maximum absolute atomic E-state index is 12.4. The van der Waals surface area contributed by atoms with Crippen LogP contribution in [0.2, 0.25) is 0 Å². The third-order valence-electron chi connectivity index (χ3n) is 3.52. The first kappa shape index (κ1) is 17.0. The standard InChI is InChI=1S/C18H17N3O3S/c1-2-21(14-6-4-3-5-7-14)16(23)12-25-18-20-19-17(24-18)13-8-10-15(22)11-9-13/h3-11,22H,2,12H2,1H3. The predicted molar refractivity (Wildman–Crippen MR) is 96.6 cm³/mol. The molecule has 128 valence electrons. The highest BCUT2D eigenvalue weighted by Crippen LogP contribution is 2.25. The van der Waals surface area contributed by atoms with Gasteiger partial charge in [0.05, 0.1) is 5.75 Å². The molecule has 0 bridgehead atoms. The van der Waals surface area contributed by atoms with E-state index in [1.54, 1.807) is 29.2 Å². The van der Waals surface area contributed by atoms with Gasteiger partial charge in [-0.25, -0.2) is 0 Å². The molecule has 0 aliphatic carbocycles. The van der Waals surface area contributed by atoms with Gasteiger partial charge < -0.3 is 14.4 Å². The van der Waals surface area contributed by atoms with Crippen LogP contribution in [0.1, 0.15) is 6.92 Å². The Kier molecular flexibility index (Phi) is 5.35. The highest BCUT2D eigenvalue weighted by atomic mass is 32.2. The van der Waals surface area contributed by atoms with Gasteiger partial charge in [0.15, 0.2) is 0 Å². The van der Waals surface area contributed by atoms with E-state index in [1.165, 1.54) is 11.8 Å². The Morgan fingerprint density at radius 1 is 1.12 bits per heavy atom. The zero-order valence-electron chi connectivity index (χ0n) is 13.6. The quantitative estimate of drug-likeness (QED) is 0.681. The molecule has 0 atom stereocenters. The molecule has 0 saturated carbocycles. The van der Waals surface area contributed by atoms with Crippen molar-refractivity contribution in [1.29, 1.82) is 0 Å². The number of hydrogen-bond acceptors (Lipinski definition) is 6. The number of phenolic OH excluding ortho intramolecular Hbond substituents is 1. The van der Waals surface area contributed by atoms with Crippen molar-refractivity contribution in [2.45, 2.75) is 12.1 Å². The lowest BCUT2D eigenvalue weighted by molar-refractivity contribution is -0.116. The minimum Gasteiger partial charge on any atom is -0.508 e. The summed E-state index contributed by atoms with van der Waals surface area (Å²) in [5, 5.41) is 17.6. The first-order valence-corrected chi connectivity index (χ1v) is 8.77. The number of aromatic nitrogens is 2. The molecule has 0 radical (unpaired) electrons. The summed E-state index contributed by atoms with van der Waals surface area (Å²) >= 11 is 1.20. The molecule has 0 saturated heterocycles. The molecule has 25 heavy (non-hydrogen) atoms. The smallest absolute Gasteiger partial charge is 0.277 e. The first-order chi connectivity index (χ1) is 12.2. The van der Waals surface area contributed by atoms with Crippen molar-refractivity contribution in [1.82, 2.24) is 10.2 Å². The fourth-order valence-corrected chi connectivity index (χ4v) is 2.94. The Balaban J connectivity index is 1.63. The number of rotatable bonds is 6. The SMILES string of the molecule is CCN(C(=O)CSc1nnc(-c2ccc(O)cc2)o1)c1ccccc1. The molecule has 2 aromatic carbocycles. The van der Waals surface area contributed by atoms with Crippen molar-refractivity contribution in [2.75, 3.05) is 17.2 Å². The number of benzene rings is 2. The van der Waals surface area contributed by atoms with E-state index in [0.29, 0.717) is 23.2 Å². The van der Waals surface area contributed by atoms with Crippen molar-refractivity contribution in [3.8, 4) is 17.2 Å². The summed E-state index contributed by atoms with van der Waals surface area (Å²) < 4.78 is 5.57. The summed E-state index contributed by atoms with van der Waals surface area (Å²) in [5.41, 5.74) is 1.58. The lowest BCUT2D eigenvalue weighted by Gasteiger charge is -2.20. The van der Waals surface area contributed by atoms with Crippen LogP contribution in [-0.4, -0.2) is 33.5 Å². The molecule has 1 aromatic heterocycles. The summed E-state index contributed by atoms with van der Waals surface area (Å²) in [6.45, 7) is 2.52. The van der Waals surface area contributed by atoms with Crippen molar-refractivity contribution in [3.63, 3.8) is 0 Å². The molecular formula is C18H17N3O3S. The molecule has 7 heteroatoms. The van der Waals surface area contributed by atoms with Crippen molar-refractivity contribution >= 4 is 23.4 Å². The maximum atomic E-state index is 12.4. The number of anilines is 1. The Morgan fingerprint density at radius 3 is 2.52 bits per heavy atom. The van der Waals surface area contributed by atoms with Crippen LogP contribution in [0.15, 0.2) is 64.2 Å². The van der Waals surface area contributed by atoms with Crippen LogP contribution >= 0.6 is 11.8 Å². The van der Waals surface area contributed by atoms with E-state index in [-0.39, 0.29) is 17.4 Å². The van der Waals surface area contributed by atoms with Crippen LogP contribution in [0, 0.1) is 0 Å². The second-order valence-electron chi connectivity index (χ2n) is 5.18. The number of amides is 1. The summed E-state index contributed by atoms with van der Waals surface area (Å²) in [6.07, 6.45) is 0. The van der Waals surface area contributed by atoms with Gasteiger partial charge >= 0.3 is 0 Å². The normalized spacial score (nSPS) is 10.6. The monoisotopic (exact) mass is 355 g/mol. The first-order valence-electron chi connectivity index (χ1n) is 7.78. The fourth-order valence-electron chi connectivity index (χ4n) is 2.30. The third kappa shape index (κ3) is 4.19. The van der Waals surface area contributed by atoms with Gasteiger partial charge in [-0.2, -0.15) is 0 Å². The van der Waals surface area contributed by atoms with Gasteiger partial charge in [-0.1, -0.05) is 30.0 Å². The van der Waals surface area contributed by atoms with Crippen LogP contribution in [0.5, 0.6) is 5.75 Å². The summed E-state index contributed by atoms with van der Waals surface area (Å²) in [4.78, 5) is 14.2. The van der Waals surface area contributed by atoms with E-state index in [0.717, 1.165) is 5.69 Å². The van der Waals surface area contributed by atoms with Crippen molar-refractivity contribution in [3.05, 3.63) is 54.6 Å². The van der Waals surface area contributed by atoms with Crippen molar-refractivity contribution in [2.24, 2.45) is 0 Å². The van der Waals surface area contributed by atoms with E-state index >= 15 is 0 Å². The molecule has 0 unspecified atom stereocenters. The van der Waals surface area contributed by atoms with Crippen LogP contribution in [-0.2, 0) is 4.79 Å². The number of nitrogens with zero attached hydrogens (tertiary/aromatic N) is 3. The van der Waals surface area contributed by atoms with E-state index in [9.17, 15) is 9.90 Å². The van der Waals surface area contributed by atoms with Gasteiger partial charge in [0.2, 0.25) is 11.8 Å². The van der Waals surface area contributed by atoms with Gasteiger partial charge in [0.25, 0.3) is 5.22 Å². The maximum Gasteiger partial charge on any atom is 0.277 e. The molecule has 1 heterocycles.